The number of methoxy groups -OCH3 is 1. The van der Waals surface area contributed by atoms with E-state index >= 15 is 0 Å². The van der Waals surface area contributed by atoms with Gasteiger partial charge in [0.2, 0.25) is 0 Å². The molecule has 0 amide bonds. The van der Waals surface area contributed by atoms with Gasteiger partial charge in [-0.3, -0.25) is 0 Å². The molecule has 1 heterocycles. The number of aromatic nitrogens is 2. The first kappa shape index (κ1) is 14.5. The summed E-state index contributed by atoms with van der Waals surface area (Å²) >= 11 is 0. The van der Waals surface area contributed by atoms with Gasteiger partial charge >= 0.3 is 0 Å². The number of anilines is 2. The van der Waals surface area contributed by atoms with Gasteiger partial charge in [0.05, 0.1) is 12.1 Å². The maximum absolute atomic E-state index is 5.90. The van der Waals surface area contributed by atoms with Crippen LogP contribution < -0.4 is 10.6 Å². The van der Waals surface area contributed by atoms with Crippen molar-refractivity contribution < 1.29 is 4.74 Å². The van der Waals surface area contributed by atoms with Gasteiger partial charge in [-0.05, 0) is 31.5 Å². The number of hydrogen-bond acceptors (Lipinski definition) is 5. The highest BCUT2D eigenvalue weighted by molar-refractivity contribution is 5.91. The van der Waals surface area contributed by atoms with E-state index in [1.165, 1.54) is 0 Å². The van der Waals surface area contributed by atoms with Gasteiger partial charge in [0, 0.05) is 30.8 Å². The number of nitrogen functional groups attached to an aromatic ring is 1. The van der Waals surface area contributed by atoms with E-state index in [9.17, 15) is 0 Å². The molecule has 108 valence electrons. The van der Waals surface area contributed by atoms with Gasteiger partial charge in [0.15, 0.2) is 0 Å². The van der Waals surface area contributed by atoms with E-state index in [0.29, 0.717) is 12.6 Å². The molecule has 0 bridgehead atoms. The molecule has 0 spiro atoms. The number of hydrogen-bond donors (Lipinski definition) is 1. The fourth-order valence-corrected chi connectivity index (χ4v) is 2.23. The predicted octanol–water partition coefficient (Wildman–Crippen LogP) is 2.46. The monoisotopic (exact) mass is 274 g/mol. The number of fused-ring (bicyclic) bond motifs is 1. The van der Waals surface area contributed by atoms with Crippen LogP contribution in [0, 0.1) is 0 Å². The zero-order valence-electron chi connectivity index (χ0n) is 12.3. The summed E-state index contributed by atoms with van der Waals surface area (Å²) in [6.45, 7) is 5.82. The van der Waals surface area contributed by atoms with E-state index in [4.69, 9.17) is 10.5 Å². The second kappa shape index (κ2) is 6.52. The first-order valence-corrected chi connectivity index (χ1v) is 6.93. The second-order valence-electron chi connectivity index (χ2n) is 4.92. The molecule has 0 aliphatic rings. The van der Waals surface area contributed by atoms with Gasteiger partial charge in [0.25, 0.3) is 0 Å². The number of rotatable bonds is 6. The van der Waals surface area contributed by atoms with Crippen LogP contribution >= 0.6 is 0 Å². The fourth-order valence-electron chi connectivity index (χ4n) is 2.23. The van der Waals surface area contributed by atoms with Crippen LogP contribution in [0.1, 0.15) is 20.3 Å². The van der Waals surface area contributed by atoms with Crippen LogP contribution in [0.25, 0.3) is 10.9 Å². The molecule has 1 aromatic carbocycles. The molecule has 2 rings (SSSR count). The average Bonchev–Trinajstić information content (AvgIpc) is 2.47. The molecule has 0 aliphatic carbocycles. The van der Waals surface area contributed by atoms with Gasteiger partial charge < -0.3 is 15.4 Å². The highest BCUT2D eigenvalue weighted by Gasteiger charge is 2.17. The van der Waals surface area contributed by atoms with Crippen molar-refractivity contribution in [1.82, 2.24) is 9.97 Å². The molecule has 0 saturated carbocycles. The molecule has 0 aliphatic heterocycles. The summed E-state index contributed by atoms with van der Waals surface area (Å²) in [5.41, 5.74) is 7.54. The van der Waals surface area contributed by atoms with Gasteiger partial charge in [-0.15, -0.1) is 0 Å². The molecule has 2 N–H and O–H groups in total. The van der Waals surface area contributed by atoms with Crippen molar-refractivity contribution in [1.29, 1.82) is 0 Å². The smallest absolute Gasteiger partial charge is 0.140 e. The van der Waals surface area contributed by atoms with Gasteiger partial charge in [-0.1, -0.05) is 6.92 Å². The van der Waals surface area contributed by atoms with Crippen LogP contribution in [0.15, 0.2) is 24.5 Å². The van der Waals surface area contributed by atoms with E-state index in [1.807, 2.05) is 18.2 Å². The van der Waals surface area contributed by atoms with Crippen molar-refractivity contribution >= 4 is 22.4 Å². The summed E-state index contributed by atoms with van der Waals surface area (Å²) in [5.74, 6) is 0.925. The van der Waals surface area contributed by atoms with Crippen LogP contribution in [0.2, 0.25) is 0 Å². The normalized spacial score (nSPS) is 12.6. The third-order valence-electron chi connectivity index (χ3n) is 3.57. The Bertz CT molecular complexity index is 573. The van der Waals surface area contributed by atoms with Crippen molar-refractivity contribution in [2.24, 2.45) is 0 Å². The highest BCUT2D eigenvalue weighted by atomic mass is 16.5. The van der Waals surface area contributed by atoms with E-state index in [1.54, 1.807) is 13.4 Å². The summed E-state index contributed by atoms with van der Waals surface area (Å²) in [7, 11) is 1.71. The highest BCUT2D eigenvalue weighted by Crippen LogP contribution is 2.26. The van der Waals surface area contributed by atoms with Gasteiger partial charge in [-0.2, -0.15) is 0 Å². The Hall–Kier alpha value is -1.88. The lowest BCUT2D eigenvalue weighted by atomic mass is 10.1. The van der Waals surface area contributed by atoms with Crippen LogP contribution in [0.3, 0.4) is 0 Å². The Balaban J connectivity index is 2.48. The van der Waals surface area contributed by atoms with Crippen LogP contribution in [0.5, 0.6) is 0 Å². The fraction of sp³-hybridized carbons (Fsp3) is 0.467. The molecule has 0 radical (unpaired) electrons. The summed E-state index contributed by atoms with van der Waals surface area (Å²) in [4.78, 5) is 11.0. The van der Waals surface area contributed by atoms with Crippen molar-refractivity contribution in [3.63, 3.8) is 0 Å². The molecule has 1 atom stereocenters. The molecule has 1 unspecified atom stereocenters. The lowest BCUT2D eigenvalue weighted by molar-refractivity contribution is 0.203. The molecule has 20 heavy (non-hydrogen) atoms. The molecule has 5 heteroatoms. The molecule has 2 aromatic rings. The predicted molar refractivity (Wildman–Crippen MR) is 82.9 cm³/mol. The topological polar surface area (TPSA) is 64.3 Å². The second-order valence-corrected chi connectivity index (χ2v) is 4.92. The quantitative estimate of drug-likeness (QED) is 0.820. The third-order valence-corrected chi connectivity index (χ3v) is 3.57. The summed E-state index contributed by atoms with van der Waals surface area (Å²) in [6, 6.07) is 6.11. The Morgan fingerprint density at radius 1 is 1.35 bits per heavy atom. The Kier molecular flexibility index (Phi) is 4.74. The number of benzene rings is 1. The van der Waals surface area contributed by atoms with Crippen molar-refractivity contribution in [3.05, 3.63) is 24.5 Å². The molecule has 0 saturated heterocycles. The van der Waals surface area contributed by atoms with Crippen LogP contribution in [-0.2, 0) is 4.74 Å². The Morgan fingerprint density at radius 3 is 2.85 bits per heavy atom. The minimum Gasteiger partial charge on any atom is -0.399 e. The number of nitrogens with zero attached hydrogens (tertiary/aromatic N) is 3. The number of nitrogens with two attached hydrogens (primary N) is 1. The first-order valence-electron chi connectivity index (χ1n) is 6.93. The van der Waals surface area contributed by atoms with Crippen molar-refractivity contribution in [2.45, 2.75) is 26.3 Å². The maximum Gasteiger partial charge on any atom is 0.140 e. The molecule has 5 nitrogen and oxygen atoms in total. The van der Waals surface area contributed by atoms with E-state index in [-0.39, 0.29) is 0 Å². The number of ether oxygens (including phenoxy) is 1. The zero-order chi connectivity index (χ0) is 14.5. The lowest BCUT2D eigenvalue weighted by Gasteiger charge is -2.30. The molecular weight excluding hydrogens is 252 g/mol. The minimum absolute atomic E-state index is 0.379. The van der Waals surface area contributed by atoms with Crippen molar-refractivity contribution in [2.75, 3.05) is 30.9 Å². The summed E-state index contributed by atoms with van der Waals surface area (Å²) in [6.07, 6.45) is 2.65. The van der Waals surface area contributed by atoms with Crippen molar-refractivity contribution in [3.8, 4) is 0 Å². The lowest BCUT2D eigenvalue weighted by Crippen LogP contribution is -2.36. The minimum atomic E-state index is 0.379. The molecular formula is C15H22N4O. The molecule has 0 fully saturated rings. The zero-order valence-corrected chi connectivity index (χ0v) is 12.3. The average molecular weight is 274 g/mol. The van der Waals surface area contributed by atoms with Crippen LogP contribution in [-0.4, -0.2) is 36.3 Å². The van der Waals surface area contributed by atoms with E-state index < -0.39 is 0 Å². The molecule has 1 aromatic heterocycles. The van der Waals surface area contributed by atoms with Crippen LogP contribution in [0.4, 0.5) is 11.5 Å². The van der Waals surface area contributed by atoms with Gasteiger partial charge in [-0.25, -0.2) is 9.97 Å². The summed E-state index contributed by atoms with van der Waals surface area (Å²) < 4.78 is 5.21. The van der Waals surface area contributed by atoms with Gasteiger partial charge in [0.1, 0.15) is 12.1 Å². The van der Waals surface area contributed by atoms with E-state index in [0.717, 1.165) is 35.4 Å². The van der Waals surface area contributed by atoms with E-state index in [2.05, 4.69) is 28.7 Å². The SMILES string of the molecule is CCC(C)N(CCOC)c1ncnc2ccc(N)cc12. The Morgan fingerprint density at radius 2 is 2.15 bits per heavy atom. The summed E-state index contributed by atoms with van der Waals surface area (Å²) in [5, 5.41) is 0.990. The largest absolute Gasteiger partial charge is 0.399 e. The maximum atomic E-state index is 5.90. The third kappa shape index (κ3) is 2.99. The standard InChI is InChI=1S/C15H22N4O/c1-4-11(2)19(7-8-20-3)15-13-9-12(16)5-6-14(13)17-10-18-15/h5-6,9-11H,4,7-8,16H2,1-3H3. The Labute approximate surface area is 119 Å². The first-order chi connectivity index (χ1) is 9.67.